The number of hydrogen-bond acceptors (Lipinski definition) is 3. The van der Waals surface area contributed by atoms with Gasteiger partial charge in [-0.1, -0.05) is 0 Å². The largest absolute Gasteiger partial charge is 0.370 e. The van der Waals surface area contributed by atoms with Crippen molar-refractivity contribution in [1.29, 1.82) is 0 Å². The summed E-state index contributed by atoms with van der Waals surface area (Å²) in [6, 6.07) is 0. The van der Waals surface area contributed by atoms with E-state index in [4.69, 9.17) is 10.5 Å². The molecule has 0 radical (unpaired) electrons. The van der Waals surface area contributed by atoms with Gasteiger partial charge in [-0.2, -0.15) is 0 Å². The second-order valence-corrected chi connectivity index (χ2v) is 7.57. The number of nitrogens with zero attached hydrogens (tertiary/aromatic N) is 1. The normalized spacial score (nSPS) is 38.0. The Kier molecular flexibility index (Phi) is 5.22. The summed E-state index contributed by atoms with van der Waals surface area (Å²) in [5.41, 5.74) is 6.01. The molecule has 1 amide bonds. The molecule has 4 bridgehead atoms. The predicted molar refractivity (Wildman–Crippen MR) is 85.3 cm³/mol. The summed E-state index contributed by atoms with van der Waals surface area (Å²) < 4.78 is 5.19. The molecular formula is C16H29ClN2O2. The smallest absolute Gasteiger partial charge is 0.252 e. The predicted octanol–water partition coefficient (Wildman–Crippen LogP) is 2.06. The maximum atomic E-state index is 12.4. The van der Waals surface area contributed by atoms with Crippen LogP contribution >= 0.6 is 12.4 Å². The fourth-order valence-electron chi connectivity index (χ4n) is 5.61. The average molecular weight is 317 g/mol. The number of hydrogen-bond donors (Lipinski definition) is 1. The maximum Gasteiger partial charge on any atom is 0.252 e. The van der Waals surface area contributed by atoms with Gasteiger partial charge in [0.25, 0.3) is 5.91 Å². The van der Waals surface area contributed by atoms with Crippen LogP contribution in [0, 0.1) is 23.2 Å². The Balaban J connectivity index is 0.00000161. The van der Waals surface area contributed by atoms with Crippen LogP contribution in [-0.2, 0) is 9.53 Å². The number of carbonyl (C=O) groups excluding carboxylic acids is 1. The number of halogens is 1. The van der Waals surface area contributed by atoms with E-state index >= 15 is 0 Å². The summed E-state index contributed by atoms with van der Waals surface area (Å²) in [6.07, 6.45) is 7.85. The van der Waals surface area contributed by atoms with E-state index in [1.165, 1.54) is 38.5 Å². The third-order valence-corrected chi connectivity index (χ3v) is 5.89. The summed E-state index contributed by atoms with van der Waals surface area (Å²) in [5.74, 6) is 2.83. The molecule has 0 aromatic rings. The third-order valence-electron chi connectivity index (χ3n) is 5.89. The summed E-state index contributed by atoms with van der Waals surface area (Å²) in [6.45, 7) is 1.16. The third kappa shape index (κ3) is 3.22. The molecule has 0 saturated heterocycles. The van der Waals surface area contributed by atoms with Gasteiger partial charge in [-0.05, 0) is 61.7 Å². The quantitative estimate of drug-likeness (QED) is 0.844. The standard InChI is InChI=1S/C16H28N2O2.ClH/c1-18(15(19)14(9-17)20-2)10-16-6-11-3-12(7-16)5-13(4-11)8-16;/h11-14H,3-10,17H2,1-2H3;1H. The molecule has 1 unspecified atom stereocenters. The minimum atomic E-state index is -0.478. The Morgan fingerprint density at radius 1 is 1.24 bits per heavy atom. The molecular weight excluding hydrogens is 288 g/mol. The molecule has 0 aromatic heterocycles. The Bertz CT molecular complexity index is 349. The monoisotopic (exact) mass is 316 g/mol. The molecule has 0 spiro atoms. The molecule has 0 heterocycles. The van der Waals surface area contributed by atoms with Gasteiger partial charge in [-0.15, -0.1) is 12.4 Å². The first-order valence-electron chi connectivity index (χ1n) is 8.03. The van der Waals surface area contributed by atoms with Crippen LogP contribution < -0.4 is 5.73 Å². The van der Waals surface area contributed by atoms with Crippen molar-refractivity contribution in [2.24, 2.45) is 28.9 Å². The fraction of sp³-hybridized carbons (Fsp3) is 0.938. The van der Waals surface area contributed by atoms with Crippen LogP contribution in [0.15, 0.2) is 0 Å². The zero-order valence-corrected chi connectivity index (χ0v) is 14.0. The Morgan fingerprint density at radius 3 is 2.10 bits per heavy atom. The Labute approximate surface area is 134 Å². The summed E-state index contributed by atoms with van der Waals surface area (Å²) in [4.78, 5) is 14.2. The van der Waals surface area contributed by atoms with Crippen LogP contribution in [0.2, 0.25) is 0 Å². The van der Waals surface area contributed by atoms with Gasteiger partial charge in [0.1, 0.15) is 6.10 Å². The number of carbonyl (C=O) groups is 1. The van der Waals surface area contributed by atoms with Crippen LogP contribution in [0.4, 0.5) is 0 Å². The van der Waals surface area contributed by atoms with Gasteiger partial charge >= 0.3 is 0 Å². The summed E-state index contributed by atoms with van der Waals surface area (Å²) >= 11 is 0. The molecule has 0 aliphatic heterocycles. The molecule has 2 N–H and O–H groups in total. The molecule has 4 aliphatic carbocycles. The molecule has 122 valence electrons. The molecule has 4 rings (SSSR count). The van der Waals surface area contributed by atoms with E-state index in [1.54, 1.807) is 7.11 Å². The highest BCUT2D eigenvalue weighted by Gasteiger charge is 2.51. The SMILES string of the molecule is COC(CN)C(=O)N(C)CC12CC3CC(CC(C3)C1)C2.Cl. The number of rotatable bonds is 5. The van der Waals surface area contributed by atoms with Crippen molar-refractivity contribution >= 4 is 18.3 Å². The summed E-state index contributed by atoms with van der Waals surface area (Å²) in [5, 5.41) is 0. The van der Waals surface area contributed by atoms with E-state index in [2.05, 4.69) is 0 Å². The number of methoxy groups -OCH3 is 1. The first kappa shape index (κ1) is 17.0. The van der Waals surface area contributed by atoms with Crippen LogP contribution in [0.1, 0.15) is 38.5 Å². The average Bonchev–Trinajstić information content (AvgIpc) is 2.37. The topological polar surface area (TPSA) is 55.6 Å². The Hall–Kier alpha value is -0.320. The minimum Gasteiger partial charge on any atom is -0.370 e. The van der Waals surface area contributed by atoms with Gasteiger partial charge in [0.2, 0.25) is 0 Å². The molecule has 4 fully saturated rings. The van der Waals surface area contributed by atoms with Gasteiger partial charge in [0.05, 0.1) is 0 Å². The molecule has 5 heteroatoms. The second kappa shape index (κ2) is 6.43. The molecule has 0 aromatic carbocycles. The van der Waals surface area contributed by atoms with Crippen LogP contribution in [0.25, 0.3) is 0 Å². The van der Waals surface area contributed by atoms with Gasteiger partial charge in [-0.25, -0.2) is 0 Å². The van der Waals surface area contributed by atoms with E-state index in [9.17, 15) is 4.79 Å². The highest BCUT2D eigenvalue weighted by atomic mass is 35.5. The zero-order chi connectivity index (χ0) is 14.3. The van der Waals surface area contributed by atoms with Gasteiger partial charge in [-0.3, -0.25) is 4.79 Å². The molecule has 4 saturated carbocycles. The van der Waals surface area contributed by atoms with E-state index in [0.29, 0.717) is 5.41 Å². The molecule has 4 nitrogen and oxygen atoms in total. The number of amides is 1. The first-order chi connectivity index (χ1) is 9.55. The lowest BCUT2D eigenvalue weighted by Crippen LogP contribution is -2.53. The van der Waals surface area contributed by atoms with E-state index in [1.807, 2.05) is 11.9 Å². The van der Waals surface area contributed by atoms with Gasteiger partial charge in [0, 0.05) is 27.2 Å². The van der Waals surface area contributed by atoms with Gasteiger partial charge < -0.3 is 15.4 Å². The highest BCUT2D eigenvalue weighted by molar-refractivity contribution is 5.85. The first-order valence-corrected chi connectivity index (χ1v) is 8.03. The molecule has 1 atom stereocenters. The fourth-order valence-corrected chi connectivity index (χ4v) is 5.61. The van der Waals surface area contributed by atoms with Crippen molar-refractivity contribution in [3.05, 3.63) is 0 Å². The van der Waals surface area contributed by atoms with Crippen molar-refractivity contribution in [1.82, 2.24) is 4.90 Å². The zero-order valence-electron chi connectivity index (χ0n) is 13.2. The van der Waals surface area contributed by atoms with Crippen LogP contribution in [0.3, 0.4) is 0 Å². The van der Waals surface area contributed by atoms with E-state index < -0.39 is 6.10 Å². The molecule has 4 aliphatic rings. The number of nitrogens with two attached hydrogens (primary N) is 1. The lowest BCUT2D eigenvalue weighted by atomic mass is 9.49. The maximum absolute atomic E-state index is 12.4. The lowest BCUT2D eigenvalue weighted by molar-refractivity contribution is -0.145. The van der Waals surface area contributed by atoms with Crippen molar-refractivity contribution in [2.75, 3.05) is 27.2 Å². The van der Waals surface area contributed by atoms with Crippen LogP contribution in [0.5, 0.6) is 0 Å². The van der Waals surface area contributed by atoms with Crippen molar-refractivity contribution in [3.63, 3.8) is 0 Å². The van der Waals surface area contributed by atoms with E-state index in [-0.39, 0.29) is 24.9 Å². The van der Waals surface area contributed by atoms with Crippen molar-refractivity contribution in [2.45, 2.75) is 44.6 Å². The minimum absolute atomic E-state index is 0. The number of ether oxygens (including phenoxy) is 1. The van der Waals surface area contributed by atoms with Gasteiger partial charge in [0.15, 0.2) is 0 Å². The second-order valence-electron chi connectivity index (χ2n) is 7.57. The Morgan fingerprint density at radius 2 is 1.71 bits per heavy atom. The number of likely N-dealkylation sites (N-methyl/N-ethyl adjacent to an activating group) is 1. The highest BCUT2D eigenvalue weighted by Crippen LogP contribution is 2.60. The summed E-state index contributed by atoms with van der Waals surface area (Å²) in [7, 11) is 3.48. The molecule has 21 heavy (non-hydrogen) atoms. The van der Waals surface area contributed by atoms with Crippen molar-refractivity contribution < 1.29 is 9.53 Å². The van der Waals surface area contributed by atoms with Crippen LogP contribution in [-0.4, -0.2) is 44.2 Å². The van der Waals surface area contributed by atoms with Crippen molar-refractivity contribution in [3.8, 4) is 0 Å². The lowest BCUT2D eigenvalue weighted by Gasteiger charge is -2.57. The van der Waals surface area contributed by atoms with E-state index in [0.717, 1.165) is 24.3 Å².